The monoisotopic (exact) mass is 378 g/mol. The lowest BCUT2D eigenvalue weighted by Gasteiger charge is -2.46. The number of rotatable bonds is 5. The topological polar surface area (TPSA) is 90.1 Å². The lowest BCUT2D eigenvalue weighted by molar-refractivity contribution is -0.137. The zero-order valence-corrected chi connectivity index (χ0v) is 16.5. The van der Waals surface area contributed by atoms with Crippen LogP contribution in [-0.4, -0.2) is 89.2 Å². The number of piperazine rings is 1. The van der Waals surface area contributed by atoms with E-state index in [4.69, 9.17) is 9.63 Å². The fourth-order valence-corrected chi connectivity index (χ4v) is 4.38. The van der Waals surface area contributed by atoms with Gasteiger partial charge in [-0.15, -0.1) is 0 Å². The van der Waals surface area contributed by atoms with Crippen molar-refractivity contribution >= 4 is 11.9 Å². The summed E-state index contributed by atoms with van der Waals surface area (Å²) in [7, 11) is 2.13. The Balaban J connectivity index is 1.72. The third-order valence-electron chi connectivity index (χ3n) is 5.96. The van der Waals surface area contributed by atoms with Gasteiger partial charge in [0.1, 0.15) is 11.3 Å². The number of aliphatic carboxylic acids is 1. The minimum atomic E-state index is -0.777. The van der Waals surface area contributed by atoms with Gasteiger partial charge in [0.15, 0.2) is 0 Å². The van der Waals surface area contributed by atoms with Crippen molar-refractivity contribution in [1.82, 2.24) is 19.9 Å². The molecule has 2 aliphatic heterocycles. The van der Waals surface area contributed by atoms with Gasteiger partial charge in [-0.1, -0.05) is 5.16 Å². The summed E-state index contributed by atoms with van der Waals surface area (Å²) in [5.74, 6) is -0.117. The van der Waals surface area contributed by atoms with Crippen LogP contribution in [-0.2, 0) is 4.79 Å². The van der Waals surface area contributed by atoms with Crippen LogP contribution in [0.25, 0.3) is 0 Å². The molecule has 1 aromatic rings. The van der Waals surface area contributed by atoms with Crippen LogP contribution in [0, 0.1) is 19.8 Å². The molecular formula is C19H30N4O4. The standard InChI is InChI=1S/C19H30N4O4/c1-13-18(14(2)27-20-13)19(26)23-7-6-16(15(12-23)4-5-17(24)25)22-10-8-21(3)9-11-22/h15-16H,4-12H2,1-3H3,(H,24,25). The molecule has 2 atom stereocenters. The van der Waals surface area contributed by atoms with E-state index in [0.29, 0.717) is 42.6 Å². The summed E-state index contributed by atoms with van der Waals surface area (Å²) >= 11 is 0. The number of likely N-dealkylation sites (tertiary alicyclic amines) is 1. The quantitative estimate of drug-likeness (QED) is 0.824. The fourth-order valence-electron chi connectivity index (χ4n) is 4.38. The highest BCUT2D eigenvalue weighted by molar-refractivity contribution is 5.96. The average Bonchev–Trinajstić information content (AvgIpc) is 2.98. The molecule has 0 saturated carbocycles. The number of carboxylic acid groups (broad SMARTS) is 1. The second-order valence-corrected chi connectivity index (χ2v) is 7.84. The van der Waals surface area contributed by atoms with Crippen molar-refractivity contribution in [3.8, 4) is 0 Å². The van der Waals surface area contributed by atoms with Crippen molar-refractivity contribution in [2.75, 3.05) is 46.3 Å². The van der Waals surface area contributed by atoms with Gasteiger partial charge >= 0.3 is 5.97 Å². The third-order valence-corrected chi connectivity index (χ3v) is 5.96. The number of amides is 1. The van der Waals surface area contributed by atoms with Crippen LogP contribution >= 0.6 is 0 Å². The van der Waals surface area contributed by atoms with E-state index in [1.54, 1.807) is 13.8 Å². The summed E-state index contributed by atoms with van der Waals surface area (Å²) in [6.45, 7) is 8.88. The average molecular weight is 378 g/mol. The molecule has 2 unspecified atom stereocenters. The van der Waals surface area contributed by atoms with Crippen molar-refractivity contribution in [3.63, 3.8) is 0 Å². The summed E-state index contributed by atoms with van der Waals surface area (Å²) in [5, 5.41) is 13.0. The molecule has 1 amide bonds. The predicted octanol–water partition coefficient (Wildman–Crippen LogP) is 1.23. The molecule has 3 rings (SSSR count). The molecule has 2 aliphatic rings. The Morgan fingerprint density at radius 1 is 1.19 bits per heavy atom. The lowest BCUT2D eigenvalue weighted by atomic mass is 9.86. The molecule has 150 valence electrons. The molecule has 0 aromatic carbocycles. The van der Waals surface area contributed by atoms with E-state index >= 15 is 0 Å². The molecule has 8 heteroatoms. The van der Waals surface area contributed by atoms with Gasteiger partial charge in [0, 0.05) is 51.7 Å². The number of piperidine rings is 1. The van der Waals surface area contributed by atoms with Gasteiger partial charge in [0.2, 0.25) is 0 Å². The second kappa shape index (κ2) is 8.39. The Hall–Kier alpha value is -1.93. The van der Waals surface area contributed by atoms with E-state index in [1.807, 2.05) is 4.90 Å². The third kappa shape index (κ3) is 4.50. The number of nitrogens with zero attached hydrogens (tertiary/aromatic N) is 4. The number of carbonyl (C=O) groups is 2. The van der Waals surface area contributed by atoms with Gasteiger partial charge in [-0.3, -0.25) is 14.5 Å². The molecule has 1 N–H and O–H groups in total. The van der Waals surface area contributed by atoms with E-state index in [-0.39, 0.29) is 18.2 Å². The summed E-state index contributed by atoms with van der Waals surface area (Å²) in [6, 6.07) is 0.340. The summed E-state index contributed by atoms with van der Waals surface area (Å²) in [4.78, 5) is 30.8. The Morgan fingerprint density at radius 2 is 1.89 bits per heavy atom. The Labute approximate surface area is 160 Å². The first-order chi connectivity index (χ1) is 12.9. The first-order valence-corrected chi connectivity index (χ1v) is 9.73. The van der Waals surface area contributed by atoms with E-state index in [0.717, 1.165) is 32.6 Å². The van der Waals surface area contributed by atoms with Gasteiger partial charge in [0.25, 0.3) is 5.91 Å². The molecule has 2 fully saturated rings. The van der Waals surface area contributed by atoms with Crippen LogP contribution in [0.4, 0.5) is 0 Å². The molecule has 0 aliphatic carbocycles. The van der Waals surface area contributed by atoms with Crippen molar-refractivity contribution < 1.29 is 19.2 Å². The van der Waals surface area contributed by atoms with E-state index < -0.39 is 5.97 Å². The smallest absolute Gasteiger partial charge is 0.303 e. The van der Waals surface area contributed by atoms with Crippen LogP contribution in [0.15, 0.2) is 4.52 Å². The van der Waals surface area contributed by atoms with Crippen LogP contribution in [0.3, 0.4) is 0 Å². The van der Waals surface area contributed by atoms with Gasteiger partial charge in [-0.2, -0.15) is 0 Å². The summed E-state index contributed by atoms with van der Waals surface area (Å²) < 4.78 is 5.15. The van der Waals surface area contributed by atoms with Crippen LogP contribution in [0.5, 0.6) is 0 Å². The van der Waals surface area contributed by atoms with Crippen LogP contribution in [0.2, 0.25) is 0 Å². The molecule has 1 aromatic heterocycles. The second-order valence-electron chi connectivity index (χ2n) is 7.84. The van der Waals surface area contributed by atoms with Crippen LogP contribution in [0.1, 0.15) is 41.1 Å². The van der Waals surface area contributed by atoms with Gasteiger partial charge < -0.3 is 19.4 Å². The number of hydrogen-bond acceptors (Lipinski definition) is 6. The Morgan fingerprint density at radius 3 is 2.48 bits per heavy atom. The highest BCUT2D eigenvalue weighted by Gasteiger charge is 2.37. The number of carboxylic acids is 1. The molecule has 2 saturated heterocycles. The number of hydrogen-bond donors (Lipinski definition) is 1. The maximum atomic E-state index is 13.0. The lowest BCUT2D eigenvalue weighted by Crippen LogP contribution is -2.57. The zero-order valence-electron chi connectivity index (χ0n) is 16.5. The number of aromatic nitrogens is 1. The summed E-state index contributed by atoms with van der Waals surface area (Å²) in [5.41, 5.74) is 1.16. The van der Waals surface area contributed by atoms with Crippen molar-refractivity contribution in [3.05, 3.63) is 17.0 Å². The minimum Gasteiger partial charge on any atom is -0.481 e. The fraction of sp³-hybridized carbons (Fsp3) is 0.737. The molecule has 0 spiro atoms. The summed E-state index contributed by atoms with van der Waals surface area (Å²) in [6.07, 6.45) is 1.61. The van der Waals surface area contributed by atoms with Crippen LogP contribution < -0.4 is 0 Å². The molecule has 8 nitrogen and oxygen atoms in total. The molecule has 27 heavy (non-hydrogen) atoms. The Kier molecular flexibility index (Phi) is 6.16. The van der Waals surface area contributed by atoms with E-state index in [2.05, 4.69) is 22.0 Å². The highest BCUT2D eigenvalue weighted by atomic mass is 16.5. The largest absolute Gasteiger partial charge is 0.481 e. The molecular weight excluding hydrogens is 348 g/mol. The van der Waals surface area contributed by atoms with Crippen molar-refractivity contribution in [2.24, 2.45) is 5.92 Å². The number of carbonyl (C=O) groups excluding carboxylic acids is 1. The minimum absolute atomic E-state index is 0.0524. The van der Waals surface area contributed by atoms with Crippen molar-refractivity contribution in [2.45, 2.75) is 39.2 Å². The van der Waals surface area contributed by atoms with E-state index in [9.17, 15) is 9.59 Å². The SMILES string of the molecule is Cc1noc(C)c1C(=O)N1CCC(N2CCN(C)CC2)C(CCC(=O)O)C1. The highest BCUT2D eigenvalue weighted by Crippen LogP contribution is 2.29. The van der Waals surface area contributed by atoms with E-state index in [1.165, 1.54) is 0 Å². The van der Waals surface area contributed by atoms with Gasteiger partial charge in [0.05, 0.1) is 5.69 Å². The van der Waals surface area contributed by atoms with Gasteiger partial charge in [-0.25, -0.2) is 0 Å². The molecule has 0 bridgehead atoms. The van der Waals surface area contributed by atoms with Crippen molar-refractivity contribution in [1.29, 1.82) is 0 Å². The Bertz CT molecular complexity index is 662. The molecule has 3 heterocycles. The first-order valence-electron chi connectivity index (χ1n) is 9.73. The predicted molar refractivity (Wildman–Crippen MR) is 99.7 cm³/mol. The maximum Gasteiger partial charge on any atom is 0.303 e. The number of aryl methyl sites for hydroxylation is 2. The number of likely N-dealkylation sites (N-methyl/N-ethyl adjacent to an activating group) is 1. The zero-order chi connectivity index (χ0) is 19.6. The van der Waals surface area contributed by atoms with Gasteiger partial charge in [-0.05, 0) is 39.7 Å². The normalized spacial score (nSPS) is 24.9. The maximum absolute atomic E-state index is 13.0. The molecule has 0 radical (unpaired) electrons. The first kappa shape index (κ1) is 19.8.